The predicted octanol–water partition coefficient (Wildman–Crippen LogP) is 6.81. The lowest BCUT2D eigenvalue weighted by atomic mass is 10.0. The predicted molar refractivity (Wildman–Crippen MR) is 98.1 cm³/mol. The van der Waals surface area contributed by atoms with Crippen molar-refractivity contribution in [1.29, 1.82) is 0 Å². The molecule has 1 heteroatoms. The highest BCUT2D eigenvalue weighted by Crippen LogP contribution is 2.14. The molecular weight excluding hydrogens is 254 g/mol. The molecule has 0 rings (SSSR count). The summed E-state index contributed by atoms with van der Waals surface area (Å²) in [5, 5.41) is 0. The van der Waals surface area contributed by atoms with E-state index in [1.807, 2.05) is 0 Å². The third-order valence-corrected chi connectivity index (χ3v) is 4.85. The van der Waals surface area contributed by atoms with E-state index in [2.05, 4.69) is 32.7 Å². The van der Waals surface area contributed by atoms with Crippen LogP contribution in [0.3, 0.4) is 0 Å². The fraction of sp³-hybridized carbons (Fsp3) is 1.00. The van der Waals surface area contributed by atoms with Crippen LogP contribution >= 0.6 is 0 Å². The number of hydrogen-bond donors (Lipinski definition) is 0. The summed E-state index contributed by atoms with van der Waals surface area (Å²) in [6, 6.07) is 0.825. The normalized spacial score (nSPS) is 13.0. The first-order chi connectivity index (χ1) is 10.3. The minimum absolute atomic E-state index is 0.825. The quantitative estimate of drug-likeness (QED) is 0.283. The molecule has 1 unspecified atom stereocenters. The van der Waals surface area contributed by atoms with Crippen LogP contribution in [0.1, 0.15) is 111 Å². The zero-order valence-electron chi connectivity index (χ0n) is 15.6. The maximum absolute atomic E-state index is 2.63. The van der Waals surface area contributed by atoms with E-state index in [0.29, 0.717) is 0 Å². The largest absolute Gasteiger partial charge is 0.303 e. The van der Waals surface area contributed by atoms with Crippen LogP contribution in [-0.2, 0) is 0 Å². The van der Waals surface area contributed by atoms with Gasteiger partial charge >= 0.3 is 0 Å². The fourth-order valence-corrected chi connectivity index (χ4v) is 3.22. The molecule has 21 heavy (non-hydrogen) atoms. The van der Waals surface area contributed by atoms with E-state index in [1.165, 1.54) is 96.4 Å². The second kappa shape index (κ2) is 16.3. The monoisotopic (exact) mass is 297 g/mol. The Balaban J connectivity index is 3.49. The molecule has 0 spiro atoms. The molecule has 0 aliphatic heterocycles. The topological polar surface area (TPSA) is 3.24 Å². The van der Waals surface area contributed by atoms with E-state index in [1.54, 1.807) is 0 Å². The van der Waals surface area contributed by atoms with Gasteiger partial charge in [-0.25, -0.2) is 0 Å². The van der Waals surface area contributed by atoms with E-state index in [0.717, 1.165) is 6.04 Å². The van der Waals surface area contributed by atoms with Gasteiger partial charge in [0, 0.05) is 6.04 Å². The Hall–Kier alpha value is -0.0400. The Labute approximate surface area is 135 Å². The Kier molecular flexibility index (Phi) is 16.3. The number of unbranched alkanes of at least 4 members (excludes halogenated alkanes) is 10. The summed E-state index contributed by atoms with van der Waals surface area (Å²) in [6.45, 7) is 8.25. The molecule has 1 nitrogen and oxygen atoms in total. The summed E-state index contributed by atoms with van der Waals surface area (Å²) in [6.07, 6.45) is 19.8. The van der Waals surface area contributed by atoms with Crippen LogP contribution < -0.4 is 0 Å². The standard InChI is InChI=1S/C20H43N/c1-5-8-10-12-13-14-15-17-19-21(4)20(7-3)18-16-11-9-6-2/h20H,5-19H2,1-4H3. The van der Waals surface area contributed by atoms with Crippen molar-refractivity contribution >= 4 is 0 Å². The average molecular weight is 298 g/mol. The lowest BCUT2D eigenvalue weighted by Gasteiger charge is -2.27. The average Bonchev–Trinajstić information content (AvgIpc) is 2.50. The molecular formula is C20H43N. The Morgan fingerprint density at radius 2 is 1.10 bits per heavy atom. The lowest BCUT2D eigenvalue weighted by Crippen LogP contribution is -2.32. The van der Waals surface area contributed by atoms with Gasteiger partial charge in [0.1, 0.15) is 0 Å². The van der Waals surface area contributed by atoms with Crippen molar-refractivity contribution in [1.82, 2.24) is 4.90 Å². The fourth-order valence-electron chi connectivity index (χ4n) is 3.22. The van der Waals surface area contributed by atoms with Crippen molar-refractivity contribution in [2.24, 2.45) is 0 Å². The first-order valence-electron chi connectivity index (χ1n) is 9.96. The number of rotatable bonds is 16. The highest BCUT2D eigenvalue weighted by Gasteiger charge is 2.11. The van der Waals surface area contributed by atoms with E-state index >= 15 is 0 Å². The van der Waals surface area contributed by atoms with Gasteiger partial charge in [0.2, 0.25) is 0 Å². The van der Waals surface area contributed by atoms with Crippen molar-refractivity contribution in [3.63, 3.8) is 0 Å². The van der Waals surface area contributed by atoms with Gasteiger partial charge in [0.05, 0.1) is 0 Å². The molecule has 128 valence electrons. The zero-order valence-corrected chi connectivity index (χ0v) is 15.6. The number of nitrogens with zero attached hydrogens (tertiary/aromatic N) is 1. The zero-order chi connectivity index (χ0) is 15.8. The maximum atomic E-state index is 2.63. The van der Waals surface area contributed by atoms with Crippen molar-refractivity contribution in [3.8, 4) is 0 Å². The molecule has 0 bridgehead atoms. The highest BCUT2D eigenvalue weighted by molar-refractivity contribution is 4.67. The molecule has 0 N–H and O–H groups in total. The van der Waals surface area contributed by atoms with Crippen LogP contribution in [0.2, 0.25) is 0 Å². The van der Waals surface area contributed by atoms with Gasteiger partial charge in [0.15, 0.2) is 0 Å². The highest BCUT2D eigenvalue weighted by atomic mass is 15.1. The second-order valence-electron chi connectivity index (χ2n) is 6.87. The van der Waals surface area contributed by atoms with Crippen LogP contribution in [0.25, 0.3) is 0 Å². The molecule has 0 radical (unpaired) electrons. The van der Waals surface area contributed by atoms with Gasteiger partial charge in [-0.1, -0.05) is 91.4 Å². The first-order valence-corrected chi connectivity index (χ1v) is 9.96. The van der Waals surface area contributed by atoms with Crippen molar-refractivity contribution in [2.45, 2.75) is 117 Å². The molecule has 0 aromatic rings. The van der Waals surface area contributed by atoms with Crippen LogP contribution in [0.15, 0.2) is 0 Å². The summed E-state index contributed by atoms with van der Waals surface area (Å²) < 4.78 is 0. The molecule has 0 saturated carbocycles. The van der Waals surface area contributed by atoms with Gasteiger partial charge in [-0.2, -0.15) is 0 Å². The maximum Gasteiger partial charge on any atom is 0.00895 e. The molecule has 0 fully saturated rings. The van der Waals surface area contributed by atoms with Crippen LogP contribution in [0.4, 0.5) is 0 Å². The summed E-state index contributed by atoms with van der Waals surface area (Å²) >= 11 is 0. The number of hydrogen-bond acceptors (Lipinski definition) is 1. The van der Waals surface area contributed by atoms with Gasteiger partial charge < -0.3 is 4.90 Å². The Morgan fingerprint density at radius 1 is 0.619 bits per heavy atom. The summed E-state index contributed by atoms with van der Waals surface area (Å²) in [4.78, 5) is 2.63. The SMILES string of the molecule is CCCCCCCCCCN(C)C(CC)CCCCCC. The molecule has 0 saturated heterocycles. The van der Waals surface area contributed by atoms with E-state index in [4.69, 9.17) is 0 Å². The van der Waals surface area contributed by atoms with Crippen LogP contribution in [0, 0.1) is 0 Å². The molecule has 0 aromatic carbocycles. The molecule has 0 aliphatic carbocycles. The molecule has 1 atom stereocenters. The summed E-state index contributed by atoms with van der Waals surface area (Å²) in [5.41, 5.74) is 0. The molecule has 0 heterocycles. The first kappa shape index (κ1) is 21.0. The van der Waals surface area contributed by atoms with Crippen LogP contribution in [0.5, 0.6) is 0 Å². The van der Waals surface area contributed by atoms with Gasteiger partial charge in [-0.05, 0) is 32.9 Å². The molecule has 0 aliphatic rings. The Bertz CT molecular complexity index is 190. The smallest absolute Gasteiger partial charge is 0.00895 e. The van der Waals surface area contributed by atoms with Crippen molar-refractivity contribution < 1.29 is 0 Å². The van der Waals surface area contributed by atoms with E-state index in [-0.39, 0.29) is 0 Å². The lowest BCUT2D eigenvalue weighted by molar-refractivity contribution is 0.215. The minimum Gasteiger partial charge on any atom is -0.303 e. The van der Waals surface area contributed by atoms with Crippen molar-refractivity contribution in [2.75, 3.05) is 13.6 Å². The Morgan fingerprint density at radius 3 is 1.62 bits per heavy atom. The second-order valence-corrected chi connectivity index (χ2v) is 6.87. The van der Waals surface area contributed by atoms with Gasteiger partial charge in [0.25, 0.3) is 0 Å². The van der Waals surface area contributed by atoms with Gasteiger partial charge in [-0.15, -0.1) is 0 Å². The van der Waals surface area contributed by atoms with E-state index < -0.39 is 0 Å². The van der Waals surface area contributed by atoms with Crippen molar-refractivity contribution in [3.05, 3.63) is 0 Å². The summed E-state index contributed by atoms with van der Waals surface area (Å²) in [5.74, 6) is 0. The molecule has 0 amide bonds. The summed E-state index contributed by atoms with van der Waals surface area (Å²) in [7, 11) is 2.34. The third-order valence-electron chi connectivity index (χ3n) is 4.85. The van der Waals surface area contributed by atoms with Gasteiger partial charge in [-0.3, -0.25) is 0 Å². The van der Waals surface area contributed by atoms with Crippen LogP contribution in [-0.4, -0.2) is 24.5 Å². The minimum atomic E-state index is 0.825. The van der Waals surface area contributed by atoms with E-state index in [9.17, 15) is 0 Å². The molecule has 0 aromatic heterocycles. The third kappa shape index (κ3) is 13.4.